The smallest absolute Gasteiger partial charge is 0.355 e. The normalized spacial score (nSPS) is 11.3. The van der Waals surface area contributed by atoms with Crippen LogP contribution in [-0.4, -0.2) is 28.2 Å². The molecule has 0 saturated carbocycles. The number of amides is 1. The number of carbonyl (C=O) groups excluding carboxylic acids is 3. The van der Waals surface area contributed by atoms with Gasteiger partial charge in [0.2, 0.25) is 0 Å². The van der Waals surface area contributed by atoms with Crippen LogP contribution in [0.4, 0.5) is 5.69 Å². The van der Waals surface area contributed by atoms with Crippen LogP contribution in [0.1, 0.15) is 58.9 Å². The van der Waals surface area contributed by atoms with Crippen molar-refractivity contribution in [3.63, 3.8) is 0 Å². The molecule has 6 nitrogen and oxygen atoms in total. The molecule has 2 N–H and O–H groups in total. The zero-order valence-corrected chi connectivity index (χ0v) is 16.3. The highest BCUT2D eigenvalue weighted by atomic mass is 16.6. The second kappa shape index (κ2) is 7.31. The van der Waals surface area contributed by atoms with Crippen molar-refractivity contribution in [1.29, 1.82) is 0 Å². The summed E-state index contributed by atoms with van der Waals surface area (Å²) < 4.78 is 5.37. The van der Waals surface area contributed by atoms with Crippen molar-refractivity contribution in [2.24, 2.45) is 0 Å². The lowest BCUT2D eigenvalue weighted by Crippen LogP contribution is -2.24. The van der Waals surface area contributed by atoms with E-state index in [9.17, 15) is 14.4 Å². The molecule has 0 saturated heterocycles. The number of esters is 1. The largest absolute Gasteiger partial charge is 0.455 e. The Morgan fingerprint density at radius 3 is 2.18 bits per heavy atom. The molecule has 3 rings (SSSR count). The quantitative estimate of drug-likeness (QED) is 0.514. The molecule has 0 radical (unpaired) electrons. The van der Waals surface area contributed by atoms with Gasteiger partial charge >= 0.3 is 5.97 Å². The highest BCUT2D eigenvalue weighted by Gasteiger charge is 2.19. The lowest BCUT2D eigenvalue weighted by molar-refractivity contribution is 0.00637. The molecular weight excluding hydrogens is 356 g/mol. The van der Waals surface area contributed by atoms with Gasteiger partial charge in [-0.1, -0.05) is 12.1 Å². The van der Waals surface area contributed by atoms with Crippen LogP contribution in [0.2, 0.25) is 0 Å². The highest BCUT2D eigenvalue weighted by molar-refractivity contribution is 6.06. The molecule has 28 heavy (non-hydrogen) atoms. The fourth-order valence-electron chi connectivity index (χ4n) is 2.71. The number of ether oxygens (including phenoxy) is 1. The number of nitrogens with one attached hydrogen (secondary N) is 2. The molecule has 0 atom stereocenters. The van der Waals surface area contributed by atoms with Crippen molar-refractivity contribution in [1.82, 2.24) is 4.98 Å². The summed E-state index contributed by atoms with van der Waals surface area (Å²) in [4.78, 5) is 39.0. The molecule has 0 bridgehead atoms. The van der Waals surface area contributed by atoms with Crippen LogP contribution in [0.3, 0.4) is 0 Å². The lowest BCUT2D eigenvalue weighted by Gasteiger charge is -2.18. The van der Waals surface area contributed by atoms with E-state index in [0.29, 0.717) is 22.5 Å². The number of Topliss-reactive ketones (excluding diaryl/α,β-unsaturated/α-hetero) is 1. The predicted molar refractivity (Wildman–Crippen MR) is 108 cm³/mol. The zero-order chi connectivity index (χ0) is 20.5. The molecule has 0 aliphatic carbocycles. The Bertz CT molecular complexity index is 1060. The number of anilines is 1. The van der Waals surface area contributed by atoms with Gasteiger partial charge in [0.05, 0.1) is 0 Å². The van der Waals surface area contributed by atoms with Gasteiger partial charge in [0.1, 0.15) is 11.3 Å². The predicted octanol–water partition coefficient (Wildman–Crippen LogP) is 4.58. The van der Waals surface area contributed by atoms with Gasteiger partial charge in [-0.15, -0.1) is 0 Å². The Hall–Kier alpha value is -3.41. The van der Waals surface area contributed by atoms with E-state index in [-0.39, 0.29) is 11.7 Å². The van der Waals surface area contributed by atoms with Crippen molar-refractivity contribution in [2.75, 3.05) is 5.32 Å². The number of carbonyl (C=O) groups is 3. The third kappa shape index (κ3) is 4.46. The molecule has 3 aromatic rings. The van der Waals surface area contributed by atoms with Crippen LogP contribution < -0.4 is 5.32 Å². The maximum Gasteiger partial charge on any atom is 0.355 e. The first-order chi connectivity index (χ1) is 13.1. The van der Waals surface area contributed by atoms with Crippen LogP contribution in [0.25, 0.3) is 10.9 Å². The van der Waals surface area contributed by atoms with Crippen LogP contribution in [0, 0.1) is 0 Å². The van der Waals surface area contributed by atoms with Gasteiger partial charge < -0.3 is 15.0 Å². The summed E-state index contributed by atoms with van der Waals surface area (Å²) in [6, 6.07) is 13.5. The Morgan fingerprint density at radius 1 is 0.929 bits per heavy atom. The maximum atomic E-state index is 12.4. The molecule has 1 heterocycles. The number of hydrogen-bond donors (Lipinski definition) is 2. The first-order valence-corrected chi connectivity index (χ1v) is 8.91. The topological polar surface area (TPSA) is 88.3 Å². The number of ketones is 1. The number of hydrogen-bond acceptors (Lipinski definition) is 4. The number of rotatable bonds is 4. The van der Waals surface area contributed by atoms with E-state index in [4.69, 9.17) is 4.74 Å². The molecule has 0 unspecified atom stereocenters. The minimum Gasteiger partial charge on any atom is -0.455 e. The molecule has 0 aliphatic heterocycles. The van der Waals surface area contributed by atoms with Crippen LogP contribution >= 0.6 is 0 Å². The minimum atomic E-state index is -0.578. The van der Waals surface area contributed by atoms with Crippen LogP contribution in [-0.2, 0) is 4.74 Å². The second-order valence-corrected chi connectivity index (χ2v) is 7.57. The summed E-state index contributed by atoms with van der Waals surface area (Å²) in [6.45, 7) is 6.91. The average Bonchev–Trinajstić information content (AvgIpc) is 3.04. The number of fused-ring (bicyclic) bond motifs is 1. The van der Waals surface area contributed by atoms with E-state index in [1.165, 1.54) is 6.92 Å². The van der Waals surface area contributed by atoms with Crippen molar-refractivity contribution in [3.05, 3.63) is 65.4 Å². The van der Waals surface area contributed by atoms with Gasteiger partial charge in [-0.25, -0.2) is 4.79 Å². The zero-order valence-electron chi connectivity index (χ0n) is 16.3. The molecule has 1 aromatic heterocycles. The second-order valence-electron chi connectivity index (χ2n) is 7.57. The summed E-state index contributed by atoms with van der Waals surface area (Å²) >= 11 is 0. The Balaban J connectivity index is 1.77. The number of aromatic amines is 1. The molecule has 1 amide bonds. The van der Waals surface area contributed by atoms with Gasteiger partial charge in [0.15, 0.2) is 5.78 Å². The molecule has 0 spiro atoms. The molecule has 144 valence electrons. The van der Waals surface area contributed by atoms with Gasteiger partial charge in [0.25, 0.3) is 5.91 Å². The van der Waals surface area contributed by atoms with E-state index < -0.39 is 11.6 Å². The van der Waals surface area contributed by atoms with Crippen molar-refractivity contribution >= 4 is 34.3 Å². The van der Waals surface area contributed by atoms with Crippen LogP contribution in [0.5, 0.6) is 0 Å². The van der Waals surface area contributed by atoms with E-state index >= 15 is 0 Å². The molecule has 0 aliphatic rings. The van der Waals surface area contributed by atoms with Crippen molar-refractivity contribution in [2.45, 2.75) is 33.3 Å². The Morgan fingerprint density at radius 2 is 1.57 bits per heavy atom. The first kappa shape index (κ1) is 19.4. The van der Waals surface area contributed by atoms with Crippen LogP contribution in [0.15, 0.2) is 48.5 Å². The summed E-state index contributed by atoms with van der Waals surface area (Å²) in [5.74, 6) is -0.761. The van der Waals surface area contributed by atoms with E-state index in [1.54, 1.807) is 48.5 Å². The standard InChI is InChI=1S/C22H22N2O4/c1-13(25)14-5-7-15(8-6-14)20(26)23-17-9-10-18-16(11-17)12-19(24-18)21(27)28-22(2,3)4/h5-12,24H,1-4H3,(H,23,26). The highest BCUT2D eigenvalue weighted by Crippen LogP contribution is 2.22. The Kier molecular flexibility index (Phi) is 5.05. The number of H-pyrrole nitrogens is 1. The van der Waals surface area contributed by atoms with Gasteiger partial charge in [-0.05, 0) is 64.1 Å². The lowest BCUT2D eigenvalue weighted by atomic mass is 10.1. The maximum absolute atomic E-state index is 12.4. The first-order valence-electron chi connectivity index (χ1n) is 8.91. The summed E-state index contributed by atoms with van der Waals surface area (Å²) in [7, 11) is 0. The fourth-order valence-corrected chi connectivity index (χ4v) is 2.71. The molecular formula is C22H22N2O4. The number of benzene rings is 2. The van der Waals surface area contributed by atoms with Gasteiger partial charge in [-0.2, -0.15) is 0 Å². The van der Waals surface area contributed by atoms with Crippen molar-refractivity contribution in [3.8, 4) is 0 Å². The number of aromatic nitrogens is 1. The third-order valence-electron chi connectivity index (χ3n) is 4.05. The van der Waals surface area contributed by atoms with E-state index in [0.717, 1.165) is 10.9 Å². The minimum absolute atomic E-state index is 0.0503. The van der Waals surface area contributed by atoms with E-state index in [2.05, 4.69) is 10.3 Å². The molecule has 6 heteroatoms. The SMILES string of the molecule is CC(=O)c1ccc(C(=O)Nc2ccc3[nH]c(C(=O)OC(C)(C)C)cc3c2)cc1. The third-order valence-corrected chi connectivity index (χ3v) is 4.05. The summed E-state index contributed by atoms with van der Waals surface area (Å²) in [5, 5.41) is 3.60. The Labute approximate surface area is 162 Å². The van der Waals surface area contributed by atoms with Gasteiger partial charge in [-0.3, -0.25) is 9.59 Å². The summed E-state index contributed by atoms with van der Waals surface area (Å²) in [5.41, 5.74) is 2.15. The average molecular weight is 378 g/mol. The fraction of sp³-hybridized carbons (Fsp3) is 0.227. The summed E-state index contributed by atoms with van der Waals surface area (Å²) in [6.07, 6.45) is 0. The van der Waals surface area contributed by atoms with E-state index in [1.807, 2.05) is 20.8 Å². The molecule has 0 fully saturated rings. The monoisotopic (exact) mass is 378 g/mol. The van der Waals surface area contributed by atoms with Gasteiger partial charge in [0, 0.05) is 27.7 Å². The molecule has 2 aromatic carbocycles. The van der Waals surface area contributed by atoms with Crippen molar-refractivity contribution < 1.29 is 19.1 Å².